The van der Waals surface area contributed by atoms with Crippen molar-refractivity contribution < 1.29 is 4.79 Å². The topological polar surface area (TPSA) is 69.1 Å². The van der Waals surface area contributed by atoms with Crippen LogP contribution in [0.2, 0.25) is 0 Å². The van der Waals surface area contributed by atoms with E-state index in [1.54, 1.807) is 12.2 Å². The van der Waals surface area contributed by atoms with Crippen LogP contribution in [0.25, 0.3) is 0 Å². The molecule has 0 fully saturated rings. The molecular weight excluding hydrogens is 116 g/mol. The molecule has 0 saturated heterocycles. The molecule has 0 aromatic carbocycles. The number of hydrogen-bond acceptors (Lipinski definition) is 3. The smallest absolute Gasteiger partial charge is 0.178 e. The van der Waals surface area contributed by atoms with Crippen LogP contribution in [-0.2, 0) is 4.79 Å². The summed E-state index contributed by atoms with van der Waals surface area (Å²) >= 11 is 0. The second kappa shape index (κ2) is 2.03. The molecule has 1 aliphatic rings. The van der Waals surface area contributed by atoms with Gasteiger partial charge in [-0.15, -0.1) is 0 Å². The minimum atomic E-state index is -0.616. The molecule has 0 amide bonds. The molecule has 0 saturated carbocycles. The molecule has 48 valence electrons. The van der Waals surface area contributed by atoms with Gasteiger partial charge in [0.1, 0.15) is 6.04 Å². The van der Waals surface area contributed by atoms with E-state index < -0.39 is 6.04 Å². The number of rotatable bonds is 0. The van der Waals surface area contributed by atoms with Gasteiger partial charge < -0.3 is 11.5 Å². The second-order valence-corrected chi connectivity index (χ2v) is 1.91. The Morgan fingerprint density at radius 3 is 2.67 bits per heavy atom. The zero-order valence-electron chi connectivity index (χ0n) is 4.87. The van der Waals surface area contributed by atoms with Crippen molar-refractivity contribution in [3.05, 3.63) is 23.9 Å². The molecule has 1 rings (SSSR count). The van der Waals surface area contributed by atoms with Crippen LogP contribution in [0.1, 0.15) is 0 Å². The van der Waals surface area contributed by atoms with Gasteiger partial charge in [0.15, 0.2) is 5.78 Å². The lowest BCUT2D eigenvalue weighted by molar-refractivity contribution is -0.115. The number of ketones is 1. The van der Waals surface area contributed by atoms with Crippen LogP contribution in [0.15, 0.2) is 23.9 Å². The summed E-state index contributed by atoms with van der Waals surface area (Å²) < 4.78 is 0. The molecule has 0 heterocycles. The summed E-state index contributed by atoms with van der Waals surface area (Å²) in [5, 5.41) is 0. The van der Waals surface area contributed by atoms with Crippen molar-refractivity contribution in [2.75, 3.05) is 0 Å². The van der Waals surface area contributed by atoms with Gasteiger partial charge in [-0.25, -0.2) is 0 Å². The third-order valence-electron chi connectivity index (χ3n) is 1.21. The average Bonchev–Trinajstić information content (AvgIpc) is 1.83. The van der Waals surface area contributed by atoms with Crippen molar-refractivity contribution in [1.29, 1.82) is 0 Å². The standard InChI is InChI=1S/C6H8N2O/c7-4-2-1-3-5(9)6(4)8/h1-3,6H,7-8H2. The fourth-order valence-electron chi connectivity index (χ4n) is 0.626. The van der Waals surface area contributed by atoms with Crippen LogP contribution in [0.4, 0.5) is 0 Å². The van der Waals surface area contributed by atoms with Gasteiger partial charge in [0.05, 0.1) is 0 Å². The lowest BCUT2D eigenvalue weighted by atomic mass is 10.1. The lowest BCUT2D eigenvalue weighted by Gasteiger charge is -2.09. The number of allylic oxidation sites excluding steroid dienone is 2. The number of carbonyl (C=O) groups is 1. The first-order chi connectivity index (χ1) is 4.22. The predicted octanol–water partition coefficient (Wildman–Crippen LogP) is -0.705. The van der Waals surface area contributed by atoms with Gasteiger partial charge in [0.25, 0.3) is 0 Å². The van der Waals surface area contributed by atoms with E-state index in [1.807, 2.05) is 0 Å². The quantitative estimate of drug-likeness (QED) is 0.448. The zero-order chi connectivity index (χ0) is 6.85. The molecule has 0 spiro atoms. The van der Waals surface area contributed by atoms with E-state index >= 15 is 0 Å². The molecule has 0 bridgehead atoms. The molecule has 4 N–H and O–H groups in total. The minimum absolute atomic E-state index is 0.130. The van der Waals surface area contributed by atoms with Gasteiger partial charge in [-0.05, 0) is 12.2 Å². The first kappa shape index (κ1) is 6.04. The lowest BCUT2D eigenvalue weighted by Crippen LogP contribution is -2.36. The number of hydrogen-bond donors (Lipinski definition) is 2. The fourth-order valence-corrected chi connectivity index (χ4v) is 0.626. The largest absolute Gasteiger partial charge is 0.400 e. The molecule has 3 heteroatoms. The first-order valence-electron chi connectivity index (χ1n) is 2.65. The Hall–Kier alpha value is -1.09. The predicted molar refractivity (Wildman–Crippen MR) is 34.4 cm³/mol. The summed E-state index contributed by atoms with van der Waals surface area (Å²) in [7, 11) is 0. The Morgan fingerprint density at radius 1 is 1.56 bits per heavy atom. The van der Waals surface area contributed by atoms with Gasteiger partial charge in [-0.3, -0.25) is 4.79 Å². The summed E-state index contributed by atoms with van der Waals surface area (Å²) in [5.41, 5.74) is 11.1. The van der Waals surface area contributed by atoms with E-state index in [0.29, 0.717) is 5.70 Å². The van der Waals surface area contributed by atoms with Crippen LogP contribution in [0.5, 0.6) is 0 Å². The maximum Gasteiger partial charge on any atom is 0.178 e. The summed E-state index contributed by atoms with van der Waals surface area (Å²) in [6.45, 7) is 0. The van der Waals surface area contributed by atoms with Crippen LogP contribution < -0.4 is 11.5 Å². The van der Waals surface area contributed by atoms with Gasteiger partial charge in [-0.1, -0.05) is 6.08 Å². The second-order valence-electron chi connectivity index (χ2n) is 1.91. The molecule has 0 aromatic heterocycles. The van der Waals surface area contributed by atoms with Crippen molar-refractivity contribution in [1.82, 2.24) is 0 Å². The van der Waals surface area contributed by atoms with Crippen LogP contribution in [-0.4, -0.2) is 11.8 Å². The van der Waals surface area contributed by atoms with Crippen molar-refractivity contribution in [3.8, 4) is 0 Å². The molecular formula is C6H8N2O. The maximum atomic E-state index is 10.7. The van der Waals surface area contributed by atoms with E-state index in [9.17, 15) is 4.79 Å². The van der Waals surface area contributed by atoms with Gasteiger partial charge in [0, 0.05) is 5.70 Å². The maximum absolute atomic E-state index is 10.7. The van der Waals surface area contributed by atoms with E-state index in [-0.39, 0.29) is 5.78 Å². The highest BCUT2D eigenvalue weighted by Gasteiger charge is 2.14. The van der Waals surface area contributed by atoms with Crippen molar-refractivity contribution >= 4 is 5.78 Å². The summed E-state index contributed by atoms with van der Waals surface area (Å²) in [6.07, 6.45) is 4.65. The minimum Gasteiger partial charge on any atom is -0.400 e. The molecule has 3 nitrogen and oxygen atoms in total. The Labute approximate surface area is 53.0 Å². The average molecular weight is 124 g/mol. The summed E-state index contributed by atoms with van der Waals surface area (Å²) in [5.74, 6) is -0.130. The Morgan fingerprint density at radius 2 is 2.22 bits per heavy atom. The third kappa shape index (κ3) is 1.000. The van der Waals surface area contributed by atoms with Crippen LogP contribution in [0.3, 0.4) is 0 Å². The van der Waals surface area contributed by atoms with E-state index in [4.69, 9.17) is 11.5 Å². The van der Waals surface area contributed by atoms with E-state index in [0.717, 1.165) is 0 Å². The summed E-state index contributed by atoms with van der Waals surface area (Å²) in [4.78, 5) is 10.7. The molecule has 1 atom stereocenters. The summed E-state index contributed by atoms with van der Waals surface area (Å²) in [6, 6.07) is -0.616. The van der Waals surface area contributed by atoms with Crippen molar-refractivity contribution in [2.24, 2.45) is 11.5 Å². The molecule has 9 heavy (non-hydrogen) atoms. The van der Waals surface area contributed by atoms with Crippen LogP contribution in [0, 0.1) is 0 Å². The van der Waals surface area contributed by atoms with E-state index in [1.165, 1.54) is 6.08 Å². The number of nitrogens with two attached hydrogens (primary N) is 2. The van der Waals surface area contributed by atoms with Gasteiger partial charge in [-0.2, -0.15) is 0 Å². The highest BCUT2D eigenvalue weighted by Crippen LogP contribution is 2.00. The molecule has 1 unspecified atom stereocenters. The highest BCUT2D eigenvalue weighted by atomic mass is 16.1. The third-order valence-corrected chi connectivity index (χ3v) is 1.21. The Kier molecular flexibility index (Phi) is 1.36. The normalized spacial score (nSPS) is 26.1. The van der Waals surface area contributed by atoms with Gasteiger partial charge in [0.2, 0.25) is 0 Å². The molecule has 0 radical (unpaired) electrons. The molecule has 0 aromatic rings. The highest BCUT2D eigenvalue weighted by molar-refractivity contribution is 5.97. The zero-order valence-corrected chi connectivity index (χ0v) is 4.87. The number of carbonyl (C=O) groups excluding carboxylic acids is 1. The Balaban J connectivity index is 2.86. The first-order valence-corrected chi connectivity index (χ1v) is 2.65. The Bertz CT molecular complexity index is 193. The molecule has 1 aliphatic carbocycles. The van der Waals surface area contributed by atoms with E-state index in [2.05, 4.69) is 0 Å². The monoisotopic (exact) mass is 124 g/mol. The fraction of sp³-hybridized carbons (Fsp3) is 0.167. The van der Waals surface area contributed by atoms with Gasteiger partial charge >= 0.3 is 0 Å². The SMILES string of the molecule is NC1=CC=CC(=O)C1N. The van der Waals surface area contributed by atoms with Crippen molar-refractivity contribution in [3.63, 3.8) is 0 Å². The molecule has 0 aliphatic heterocycles. The van der Waals surface area contributed by atoms with Crippen molar-refractivity contribution in [2.45, 2.75) is 6.04 Å². The van der Waals surface area contributed by atoms with Crippen LogP contribution >= 0.6 is 0 Å².